The summed E-state index contributed by atoms with van der Waals surface area (Å²) >= 11 is 14.8. The van der Waals surface area contributed by atoms with Gasteiger partial charge in [0.2, 0.25) is 0 Å². The normalized spacial score (nSPS) is 10.2. The molecule has 0 saturated heterocycles. The minimum atomic E-state index is -0.410. The van der Waals surface area contributed by atoms with E-state index >= 15 is 0 Å². The zero-order chi connectivity index (χ0) is 23.3. The van der Waals surface area contributed by atoms with E-state index in [4.69, 9.17) is 28.6 Å². The minimum absolute atomic E-state index is 0.101. The smallest absolute Gasteiger partial charge is 0.261 e. The van der Waals surface area contributed by atoms with Gasteiger partial charge in [0.15, 0.2) is 5.11 Å². The minimum Gasteiger partial charge on any atom is -0.496 e. The number of amides is 2. The molecule has 0 atom stereocenters. The number of benzene rings is 3. The van der Waals surface area contributed by atoms with Crippen molar-refractivity contribution in [1.29, 1.82) is 0 Å². The molecule has 9 heteroatoms. The van der Waals surface area contributed by atoms with E-state index in [1.54, 1.807) is 54.6 Å². The van der Waals surface area contributed by atoms with E-state index < -0.39 is 5.91 Å². The highest BCUT2D eigenvalue weighted by molar-refractivity contribution is 9.10. The molecule has 0 aliphatic heterocycles. The summed E-state index contributed by atoms with van der Waals surface area (Å²) in [6, 6.07) is 17.2. The summed E-state index contributed by atoms with van der Waals surface area (Å²) < 4.78 is 6.11. The summed E-state index contributed by atoms with van der Waals surface area (Å²) in [6.07, 6.45) is 0. The Bertz CT molecular complexity index is 1200. The Labute approximate surface area is 204 Å². The molecule has 32 heavy (non-hydrogen) atoms. The Balaban J connectivity index is 1.68. The summed E-state index contributed by atoms with van der Waals surface area (Å²) in [5.74, 6) is -0.273. The van der Waals surface area contributed by atoms with Gasteiger partial charge in [0.05, 0.1) is 23.3 Å². The van der Waals surface area contributed by atoms with Crippen LogP contribution < -0.4 is 20.7 Å². The van der Waals surface area contributed by atoms with Gasteiger partial charge in [-0.3, -0.25) is 14.9 Å². The van der Waals surface area contributed by atoms with Crippen molar-refractivity contribution in [3.63, 3.8) is 0 Å². The van der Waals surface area contributed by atoms with Crippen molar-refractivity contribution in [2.45, 2.75) is 6.92 Å². The number of rotatable bonds is 5. The first-order valence-electron chi connectivity index (χ1n) is 9.41. The molecule has 0 unspecified atom stereocenters. The lowest BCUT2D eigenvalue weighted by molar-refractivity contribution is 0.0973. The Kier molecular flexibility index (Phi) is 7.84. The standard InChI is InChI=1S/C23H19BrClN3O3S/c1-13-10-14(24)11-18(20(13)31-2)22(30)28-23(32)27-16-7-5-6-15(12-16)26-21(29)17-8-3-4-9-19(17)25/h3-12H,1-2H3,(H,26,29)(H2,27,28,30,32). The van der Waals surface area contributed by atoms with E-state index in [1.165, 1.54) is 7.11 Å². The number of ether oxygens (including phenoxy) is 1. The van der Waals surface area contributed by atoms with Crippen molar-refractivity contribution in [2.75, 3.05) is 17.7 Å². The van der Waals surface area contributed by atoms with Crippen molar-refractivity contribution in [3.8, 4) is 5.75 Å². The fraction of sp³-hybridized carbons (Fsp3) is 0.0870. The van der Waals surface area contributed by atoms with E-state index in [2.05, 4.69) is 31.9 Å². The summed E-state index contributed by atoms with van der Waals surface area (Å²) in [6.45, 7) is 1.85. The zero-order valence-corrected chi connectivity index (χ0v) is 20.3. The lowest BCUT2D eigenvalue weighted by Crippen LogP contribution is -2.34. The highest BCUT2D eigenvalue weighted by atomic mass is 79.9. The van der Waals surface area contributed by atoms with Crippen LogP contribution in [0.1, 0.15) is 26.3 Å². The van der Waals surface area contributed by atoms with Gasteiger partial charge >= 0.3 is 0 Å². The summed E-state index contributed by atoms with van der Waals surface area (Å²) in [5, 5.41) is 8.84. The number of thiocarbonyl (C=S) groups is 1. The van der Waals surface area contributed by atoms with Gasteiger partial charge in [-0.2, -0.15) is 0 Å². The van der Waals surface area contributed by atoms with E-state index in [0.29, 0.717) is 33.3 Å². The van der Waals surface area contributed by atoms with Crippen molar-refractivity contribution in [1.82, 2.24) is 5.32 Å². The molecule has 0 radical (unpaired) electrons. The SMILES string of the molecule is COc1c(C)cc(Br)cc1C(=O)NC(=S)Nc1cccc(NC(=O)c2ccccc2Cl)c1. The highest BCUT2D eigenvalue weighted by Crippen LogP contribution is 2.28. The van der Waals surface area contributed by atoms with E-state index in [0.717, 1.165) is 10.0 Å². The van der Waals surface area contributed by atoms with E-state index in [9.17, 15) is 9.59 Å². The van der Waals surface area contributed by atoms with Crippen molar-refractivity contribution >= 4 is 68.1 Å². The number of anilines is 2. The molecule has 0 spiro atoms. The Hall–Kier alpha value is -2.94. The first kappa shape index (κ1) is 23.7. The molecule has 3 aromatic rings. The molecule has 0 fully saturated rings. The van der Waals surface area contributed by atoms with Crippen LogP contribution in [-0.4, -0.2) is 24.0 Å². The summed E-state index contributed by atoms with van der Waals surface area (Å²) in [4.78, 5) is 25.2. The number of carbonyl (C=O) groups is 2. The van der Waals surface area contributed by atoms with E-state index in [-0.39, 0.29) is 11.0 Å². The molecule has 0 heterocycles. The Morgan fingerprint density at radius 1 is 0.938 bits per heavy atom. The van der Waals surface area contributed by atoms with E-state index in [1.807, 2.05) is 13.0 Å². The Morgan fingerprint density at radius 2 is 1.62 bits per heavy atom. The number of hydrogen-bond donors (Lipinski definition) is 3. The molecule has 2 amide bonds. The molecule has 0 aliphatic rings. The van der Waals surface area contributed by atoms with Crippen molar-refractivity contribution in [3.05, 3.63) is 86.8 Å². The van der Waals surface area contributed by atoms with Crippen LogP contribution in [-0.2, 0) is 0 Å². The van der Waals surface area contributed by atoms with Crippen LogP contribution in [0.15, 0.2) is 65.1 Å². The maximum Gasteiger partial charge on any atom is 0.261 e. The van der Waals surface area contributed by atoms with Crippen molar-refractivity contribution in [2.24, 2.45) is 0 Å². The predicted octanol–water partition coefficient (Wildman–Crippen LogP) is 5.80. The third kappa shape index (κ3) is 5.85. The second-order valence-electron chi connectivity index (χ2n) is 6.73. The summed E-state index contributed by atoms with van der Waals surface area (Å²) in [5.41, 5.74) is 2.66. The molecule has 6 nitrogen and oxygen atoms in total. The number of aryl methyl sites for hydroxylation is 1. The van der Waals surface area contributed by atoms with Crippen molar-refractivity contribution < 1.29 is 14.3 Å². The monoisotopic (exact) mass is 531 g/mol. The molecule has 3 rings (SSSR count). The van der Waals surface area contributed by atoms with Gasteiger partial charge in [-0.05, 0) is 67.2 Å². The first-order chi connectivity index (χ1) is 15.3. The van der Waals surface area contributed by atoms with Gasteiger partial charge < -0.3 is 15.4 Å². The molecule has 3 N–H and O–H groups in total. The molecule has 3 aromatic carbocycles. The van der Waals surface area contributed by atoms with Crippen LogP contribution in [0.4, 0.5) is 11.4 Å². The van der Waals surface area contributed by atoms with Gasteiger partial charge in [0, 0.05) is 15.8 Å². The predicted molar refractivity (Wildman–Crippen MR) is 135 cm³/mol. The second kappa shape index (κ2) is 10.6. The second-order valence-corrected chi connectivity index (χ2v) is 8.46. The molecule has 0 saturated carbocycles. The number of carbonyl (C=O) groups excluding carboxylic acids is 2. The number of hydrogen-bond acceptors (Lipinski definition) is 4. The zero-order valence-electron chi connectivity index (χ0n) is 17.2. The molecule has 0 aromatic heterocycles. The maximum absolute atomic E-state index is 12.7. The average Bonchev–Trinajstić information content (AvgIpc) is 2.73. The summed E-state index contributed by atoms with van der Waals surface area (Å²) in [7, 11) is 1.51. The molecular formula is C23H19BrClN3O3S. The third-order valence-electron chi connectivity index (χ3n) is 4.41. The third-order valence-corrected chi connectivity index (χ3v) is 5.40. The average molecular weight is 533 g/mol. The largest absolute Gasteiger partial charge is 0.496 e. The number of methoxy groups -OCH3 is 1. The van der Waals surface area contributed by atoms with Gasteiger partial charge in [0.1, 0.15) is 5.75 Å². The first-order valence-corrected chi connectivity index (χ1v) is 11.0. The van der Waals surface area contributed by atoms with Gasteiger partial charge in [-0.15, -0.1) is 0 Å². The quantitative estimate of drug-likeness (QED) is 0.362. The highest BCUT2D eigenvalue weighted by Gasteiger charge is 2.17. The number of halogens is 2. The van der Waals surface area contributed by atoms with Gasteiger partial charge in [-0.25, -0.2) is 0 Å². The fourth-order valence-electron chi connectivity index (χ4n) is 3.02. The molecule has 164 valence electrons. The molecule has 0 bridgehead atoms. The van der Waals surface area contributed by atoms with Crippen LogP contribution in [0.5, 0.6) is 5.75 Å². The lowest BCUT2D eigenvalue weighted by atomic mass is 10.1. The van der Waals surface area contributed by atoms with Crippen LogP contribution in [0.25, 0.3) is 0 Å². The van der Waals surface area contributed by atoms with Crippen LogP contribution in [0, 0.1) is 6.92 Å². The van der Waals surface area contributed by atoms with Gasteiger partial charge in [0.25, 0.3) is 11.8 Å². The molecular weight excluding hydrogens is 514 g/mol. The fourth-order valence-corrected chi connectivity index (χ4v) is 4.03. The maximum atomic E-state index is 12.7. The topological polar surface area (TPSA) is 79.5 Å². The van der Waals surface area contributed by atoms with Crippen LogP contribution in [0.3, 0.4) is 0 Å². The lowest BCUT2D eigenvalue weighted by Gasteiger charge is -2.14. The Morgan fingerprint density at radius 3 is 2.31 bits per heavy atom. The number of nitrogens with one attached hydrogen (secondary N) is 3. The van der Waals surface area contributed by atoms with Crippen LogP contribution >= 0.6 is 39.7 Å². The molecule has 0 aliphatic carbocycles. The van der Waals surface area contributed by atoms with Gasteiger partial charge in [-0.1, -0.05) is 45.7 Å². The van der Waals surface area contributed by atoms with Crippen LogP contribution in [0.2, 0.25) is 5.02 Å².